The maximum atomic E-state index is 13.8. The van der Waals surface area contributed by atoms with Gasteiger partial charge in [-0.25, -0.2) is 19.2 Å². The lowest BCUT2D eigenvalue weighted by Crippen LogP contribution is -2.67. The number of hydrogen-bond acceptors (Lipinski definition) is 36. The fraction of sp³-hybridized carbons (Fsp3) is 0.761. The van der Waals surface area contributed by atoms with Crippen molar-refractivity contribution in [1.82, 2.24) is 63.8 Å². The van der Waals surface area contributed by atoms with E-state index in [1.54, 1.807) is 0 Å². The standard InChI is InChI=1S/C71H119N13O40/c1-26(73-62(106)29(4)119-55(41(20-85)76-31(6)91)57(43(95)22-87)123-70-49(78-33(8)93)53(101)51(99)45(24-89)121-70)59(103)83-39(68(115)116)16-18-47(97)80-36(13-10-12-35(72)65(109)110)64(108)75-28(3)61(105)82-38(67(113)114)15-11-14-37(66(111)112)81-48(98)19-17-40(69(117)118)84-60(104)27(2)74-63(107)30(5)120-56(42(21-86)77-32(7)92)58(44(96)23-88)124-71-50(79-34(9)94)54(102)52(100)46(25-90)122-71/h26-30,35-46,49-58,70-71,85-90,95-96,99-102H,10-25,72H2,1-9H3,(H,73,106)(H,74,107)(H,75,108)(H,76,91)(H,77,92)(H,78,93)(H,79,94)(H,80,97)(H,81,98)(H,82,105)(H,83,103)(H,84,104)(H,109,110)(H,111,112)(H,113,114)(H,115,116)(H,117,118). The van der Waals surface area contributed by atoms with Crippen LogP contribution in [-0.4, -0.2) is 404 Å². The quantitative estimate of drug-likeness (QED) is 0.0269. The second kappa shape index (κ2) is 54.2. The first-order chi connectivity index (χ1) is 57.9. The molecule has 53 heteroatoms. The number of nitrogens with one attached hydrogen (secondary N) is 12. The summed E-state index contributed by atoms with van der Waals surface area (Å²) in [6, 6.07) is -22.2. The first kappa shape index (κ1) is 110. The minimum absolute atomic E-state index is 0.199. The molecule has 2 heterocycles. The number of carboxylic acid groups (broad SMARTS) is 5. The summed E-state index contributed by atoms with van der Waals surface area (Å²) in [5, 5.41) is 202. The molecule has 53 nitrogen and oxygen atoms in total. The summed E-state index contributed by atoms with van der Waals surface area (Å²) in [6.45, 7) is 3.08. The van der Waals surface area contributed by atoms with Crippen molar-refractivity contribution in [2.75, 3.05) is 39.6 Å². The van der Waals surface area contributed by atoms with Crippen LogP contribution in [0.3, 0.4) is 0 Å². The fourth-order valence-electron chi connectivity index (χ4n) is 12.5. The van der Waals surface area contributed by atoms with Crippen LogP contribution >= 0.6 is 0 Å². The molecule has 2 aliphatic heterocycles. The van der Waals surface area contributed by atoms with E-state index in [-0.39, 0.29) is 19.3 Å². The molecule has 0 radical (unpaired) electrons. The summed E-state index contributed by atoms with van der Waals surface area (Å²) in [5.74, 6) is -20.8. The highest BCUT2D eigenvalue weighted by atomic mass is 16.7. The highest BCUT2D eigenvalue weighted by Gasteiger charge is 2.52. The molecule has 708 valence electrons. The van der Waals surface area contributed by atoms with E-state index < -0.39 is 362 Å². The van der Waals surface area contributed by atoms with Crippen molar-refractivity contribution in [2.45, 2.75) is 303 Å². The van der Waals surface area contributed by atoms with Gasteiger partial charge in [-0.2, -0.15) is 0 Å². The van der Waals surface area contributed by atoms with Crippen molar-refractivity contribution in [1.29, 1.82) is 0 Å². The first-order valence-electron chi connectivity index (χ1n) is 39.0. The van der Waals surface area contributed by atoms with Crippen molar-refractivity contribution in [3.63, 3.8) is 0 Å². The molecule has 0 spiro atoms. The van der Waals surface area contributed by atoms with Gasteiger partial charge in [0.15, 0.2) is 12.6 Å². The van der Waals surface area contributed by atoms with Gasteiger partial charge in [0.2, 0.25) is 70.9 Å². The Morgan fingerprint density at radius 1 is 0.355 bits per heavy atom. The predicted octanol–water partition coefficient (Wildman–Crippen LogP) is -14.5. The van der Waals surface area contributed by atoms with Crippen LogP contribution in [0.5, 0.6) is 0 Å². The summed E-state index contributed by atoms with van der Waals surface area (Å²) >= 11 is 0. The van der Waals surface area contributed by atoms with Crippen molar-refractivity contribution in [2.24, 2.45) is 5.73 Å². The molecule has 29 atom stereocenters. The smallest absolute Gasteiger partial charge is 0.326 e. The summed E-state index contributed by atoms with van der Waals surface area (Å²) in [5.41, 5.74) is 5.63. The lowest BCUT2D eigenvalue weighted by atomic mass is 9.96. The summed E-state index contributed by atoms with van der Waals surface area (Å²) in [4.78, 5) is 218. The Hall–Kier alpha value is -9.77. The Balaban J connectivity index is 2.18. The molecule has 29 unspecified atom stereocenters. The molecular weight excluding hydrogens is 1670 g/mol. The number of aliphatic carboxylic acids is 5. The molecule has 0 aromatic heterocycles. The van der Waals surface area contributed by atoms with Gasteiger partial charge < -0.3 is 185 Å². The van der Waals surface area contributed by atoms with E-state index in [2.05, 4.69) is 63.8 Å². The minimum Gasteiger partial charge on any atom is -0.480 e. The van der Waals surface area contributed by atoms with Crippen LogP contribution in [-0.2, 0) is 110 Å². The van der Waals surface area contributed by atoms with Crippen molar-refractivity contribution in [3.05, 3.63) is 0 Å². The van der Waals surface area contributed by atoms with E-state index in [4.69, 9.17) is 34.2 Å². The summed E-state index contributed by atoms with van der Waals surface area (Å²) in [6.07, 6.45) is -35.4. The summed E-state index contributed by atoms with van der Waals surface area (Å²) < 4.78 is 34.7. The molecule has 31 N–H and O–H groups in total. The molecule has 0 aromatic rings. The highest BCUT2D eigenvalue weighted by Crippen LogP contribution is 2.30. The molecular formula is C71H119N13O40. The molecule has 2 saturated heterocycles. The van der Waals surface area contributed by atoms with Gasteiger partial charge in [0.25, 0.3) is 0 Å². The van der Waals surface area contributed by atoms with Crippen LogP contribution in [0.4, 0.5) is 0 Å². The Morgan fingerprint density at radius 2 is 0.661 bits per heavy atom. The van der Waals surface area contributed by atoms with Crippen LogP contribution in [0.25, 0.3) is 0 Å². The van der Waals surface area contributed by atoms with E-state index in [1.807, 2.05) is 0 Å². The average molecular weight is 1790 g/mol. The molecule has 0 saturated carbocycles. The van der Waals surface area contributed by atoms with Crippen LogP contribution in [0.1, 0.15) is 127 Å². The Labute approximate surface area is 707 Å². The number of carbonyl (C=O) groups is 17. The largest absolute Gasteiger partial charge is 0.480 e. The lowest BCUT2D eigenvalue weighted by molar-refractivity contribution is -0.303. The van der Waals surface area contributed by atoms with Gasteiger partial charge in [-0.1, -0.05) is 0 Å². The molecule has 0 bridgehead atoms. The van der Waals surface area contributed by atoms with Crippen LogP contribution in [0.2, 0.25) is 0 Å². The minimum atomic E-state index is -2.07. The zero-order valence-corrected chi connectivity index (χ0v) is 69.1. The zero-order chi connectivity index (χ0) is 94.6. The van der Waals surface area contributed by atoms with Gasteiger partial charge >= 0.3 is 29.8 Å². The van der Waals surface area contributed by atoms with E-state index in [0.717, 1.165) is 62.3 Å². The van der Waals surface area contributed by atoms with Gasteiger partial charge in [-0.05, 0) is 86.0 Å². The van der Waals surface area contributed by atoms with Gasteiger partial charge in [-0.3, -0.25) is 62.3 Å². The van der Waals surface area contributed by atoms with Crippen LogP contribution in [0.15, 0.2) is 0 Å². The lowest BCUT2D eigenvalue weighted by Gasteiger charge is -2.45. The molecule has 12 amide bonds. The number of amides is 12. The second-order valence-electron chi connectivity index (χ2n) is 29.4. The van der Waals surface area contributed by atoms with Gasteiger partial charge in [0, 0.05) is 40.5 Å². The van der Waals surface area contributed by atoms with Crippen LogP contribution < -0.4 is 69.5 Å². The molecule has 124 heavy (non-hydrogen) atoms. The predicted molar refractivity (Wildman–Crippen MR) is 410 cm³/mol. The molecule has 0 aromatic carbocycles. The first-order valence-corrected chi connectivity index (χ1v) is 39.0. The third-order valence-corrected chi connectivity index (χ3v) is 19.3. The molecule has 0 aliphatic carbocycles. The zero-order valence-electron chi connectivity index (χ0n) is 69.1. The third-order valence-electron chi connectivity index (χ3n) is 19.3. The maximum absolute atomic E-state index is 13.8. The second-order valence-corrected chi connectivity index (χ2v) is 29.4. The van der Waals surface area contributed by atoms with Gasteiger partial charge in [0.1, 0.15) is 152 Å². The number of rotatable bonds is 57. The SMILES string of the molecule is CC(=O)NC(CO)C(OC(C)C(=O)NC(C)C(=O)NC(CCC(=O)NC(CCCC(NC(=O)C(C)NC(=O)C(CCCC(N)C(=O)O)NC(=O)CCC(NC(=O)C(C)NC(=O)C(C)OC(C(CO)NC(C)=O)C(OC1OC(CO)C(O)C(O)C1NC(C)=O)C(O)CO)C(=O)O)C(=O)O)C(=O)O)C(=O)O)C(OC1OC(CO)C(O)C(O)C1NC(C)=O)C(O)CO. The monoisotopic (exact) mass is 1790 g/mol. The van der Waals surface area contributed by atoms with E-state index in [9.17, 15) is 168 Å². The van der Waals surface area contributed by atoms with Crippen LogP contribution in [0, 0.1) is 0 Å². The number of ether oxygens (including phenoxy) is 6. The average Bonchev–Trinajstić information content (AvgIpc) is 0.793. The van der Waals surface area contributed by atoms with Crippen molar-refractivity contribution in [3.8, 4) is 0 Å². The molecule has 2 rings (SSSR count). The van der Waals surface area contributed by atoms with E-state index in [1.165, 1.54) is 0 Å². The van der Waals surface area contributed by atoms with E-state index in [0.29, 0.717) is 0 Å². The van der Waals surface area contributed by atoms with Crippen molar-refractivity contribution >= 4 is 101 Å². The Bertz CT molecular complexity index is 3580. The molecule has 2 fully saturated rings. The number of nitrogens with two attached hydrogens (primary N) is 1. The van der Waals surface area contributed by atoms with E-state index >= 15 is 0 Å². The van der Waals surface area contributed by atoms with Crippen molar-refractivity contribution < 1.29 is 197 Å². The number of aliphatic hydroxyl groups excluding tert-OH is 12. The fourth-order valence-corrected chi connectivity index (χ4v) is 12.5. The molecule has 2 aliphatic rings. The Morgan fingerprint density at radius 3 is 0.960 bits per heavy atom. The summed E-state index contributed by atoms with van der Waals surface area (Å²) in [7, 11) is 0. The third kappa shape index (κ3) is 36.1. The maximum Gasteiger partial charge on any atom is 0.326 e. The number of carbonyl (C=O) groups excluding carboxylic acids is 12. The van der Waals surface area contributed by atoms with Gasteiger partial charge in [0.05, 0.1) is 51.7 Å². The number of aliphatic hydroxyl groups is 12. The number of carboxylic acids is 5. The topological polar surface area (TPSA) is 860 Å². The normalized spacial score (nSPS) is 23.4. The number of hydrogen-bond donors (Lipinski definition) is 30. The Kier molecular flexibility index (Phi) is 48.2. The van der Waals surface area contributed by atoms with Gasteiger partial charge in [-0.15, -0.1) is 0 Å². The highest BCUT2D eigenvalue weighted by molar-refractivity contribution is 5.95.